The van der Waals surface area contributed by atoms with E-state index in [9.17, 15) is 4.79 Å². The van der Waals surface area contributed by atoms with Crippen LogP contribution < -0.4 is 5.43 Å². The zero-order valence-electron chi connectivity index (χ0n) is 3.92. The van der Waals surface area contributed by atoms with E-state index in [1.165, 1.54) is 0 Å². The monoisotopic (exact) mass is 102 g/mol. The third-order valence-corrected chi connectivity index (χ3v) is 0.298. The molecule has 0 aliphatic carbocycles. The molecule has 0 saturated carbocycles. The van der Waals surface area contributed by atoms with Crippen LogP contribution in [0.1, 0.15) is 0 Å². The Kier molecular flexibility index (Phi) is 4.19. The number of ether oxygens (including phenoxy) is 1. The summed E-state index contributed by atoms with van der Waals surface area (Å²) in [4.78, 5) is 9.34. The number of hydrogen-bond acceptors (Lipinski definition) is 4. The predicted molar refractivity (Wildman–Crippen MR) is 24.7 cm³/mol. The van der Waals surface area contributed by atoms with Crippen molar-refractivity contribution in [3.05, 3.63) is 0 Å². The van der Waals surface area contributed by atoms with Gasteiger partial charge >= 0.3 is 0 Å². The van der Waals surface area contributed by atoms with Crippen molar-refractivity contribution in [2.45, 2.75) is 0 Å². The molecule has 40 valence electrons. The molecular weight excluding hydrogens is 96.0 g/mol. The topological polar surface area (TPSA) is 50.7 Å². The molecule has 7 heavy (non-hydrogen) atoms. The van der Waals surface area contributed by atoms with Gasteiger partial charge in [0.1, 0.15) is 0 Å². The smallest absolute Gasteiger partial charge is 0.299 e. The van der Waals surface area contributed by atoms with Gasteiger partial charge in [0.25, 0.3) is 6.47 Å². The summed E-state index contributed by atoms with van der Waals surface area (Å²) in [7, 11) is 1.60. The lowest BCUT2D eigenvalue weighted by molar-refractivity contribution is -0.121. The van der Waals surface area contributed by atoms with Crippen molar-refractivity contribution >= 4 is 12.9 Å². The molecule has 0 amide bonds. The number of hydrazone groups is 1. The van der Waals surface area contributed by atoms with Gasteiger partial charge in [-0.05, 0) is 0 Å². The number of nitrogens with zero attached hydrogens (tertiary/aromatic N) is 1. The van der Waals surface area contributed by atoms with Gasteiger partial charge in [-0.1, -0.05) is 0 Å². The minimum atomic E-state index is 0.292. The van der Waals surface area contributed by atoms with Gasteiger partial charge in [0.05, 0.1) is 0 Å². The van der Waals surface area contributed by atoms with Crippen molar-refractivity contribution in [2.24, 2.45) is 5.10 Å². The molecule has 1 N–H and O–H groups in total. The molecule has 0 bridgehead atoms. The SMILES string of the molecule is CNN=COC=O. The highest BCUT2D eigenvalue weighted by atomic mass is 16.5. The third kappa shape index (κ3) is 4.94. The van der Waals surface area contributed by atoms with Crippen molar-refractivity contribution in [1.82, 2.24) is 5.43 Å². The number of rotatable bonds is 3. The van der Waals surface area contributed by atoms with E-state index in [2.05, 4.69) is 15.3 Å². The maximum absolute atomic E-state index is 9.34. The van der Waals surface area contributed by atoms with Crippen LogP contribution in [0, 0.1) is 0 Å². The first-order valence-corrected chi connectivity index (χ1v) is 1.69. The molecule has 0 aliphatic heterocycles. The average molecular weight is 102 g/mol. The Morgan fingerprint density at radius 2 is 2.57 bits per heavy atom. The summed E-state index contributed by atoms with van der Waals surface area (Å²) in [6.45, 7) is 0.292. The zero-order valence-corrected chi connectivity index (χ0v) is 3.92. The Morgan fingerprint density at radius 1 is 1.86 bits per heavy atom. The van der Waals surface area contributed by atoms with E-state index in [1.807, 2.05) is 0 Å². The molecule has 0 aromatic heterocycles. The molecule has 0 unspecified atom stereocenters. The zero-order chi connectivity index (χ0) is 5.54. The molecule has 0 spiro atoms. The summed E-state index contributed by atoms with van der Waals surface area (Å²) in [6, 6.07) is 0. The van der Waals surface area contributed by atoms with Gasteiger partial charge in [0.2, 0.25) is 6.40 Å². The summed E-state index contributed by atoms with van der Waals surface area (Å²) in [5.41, 5.74) is 2.39. The largest absolute Gasteiger partial charge is 0.415 e. The third-order valence-electron chi connectivity index (χ3n) is 0.298. The van der Waals surface area contributed by atoms with Crippen LogP contribution in [-0.2, 0) is 9.53 Å². The fourth-order valence-corrected chi connectivity index (χ4v) is 0.108. The number of carbonyl (C=O) groups is 1. The van der Waals surface area contributed by atoms with Gasteiger partial charge in [0, 0.05) is 7.05 Å². The lowest BCUT2D eigenvalue weighted by Gasteiger charge is -1.81. The highest BCUT2D eigenvalue weighted by molar-refractivity contribution is 5.59. The fraction of sp³-hybridized carbons (Fsp3) is 0.333. The van der Waals surface area contributed by atoms with E-state index >= 15 is 0 Å². The summed E-state index contributed by atoms with van der Waals surface area (Å²) in [5, 5.41) is 3.33. The summed E-state index contributed by atoms with van der Waals surface area (Å²) < 4.78 is 4.04. The van der Waals surface area contributed by atoms with Crippen molar-refractivity contribution in [3.63, 3.8) is 0 Å². The second-order valence-corrected chi connectivity index (χ2v) is 0.690. The molecule has 4 nitrogen and oxygen atoms in total. The second-order valence-electron chi connectivity index (χ2n) is 0.690. The Balaban J connectivity index is 2.92. The molecule has 0 atom stereocenters. The molecule has 0 heterocycles. The van der Waals surface area contributed by atoms with E-state index in [4.69, 9.17) is 0 Å². The van der Waals surface area contributed by atoms with Gasteiger partial charge in [-0.3, -0.25) is 4.79 Å². The molecule has 4 heteroatoms. The normalized spacial score (nSPS) is 8.71. The van der Waals surface area contributed by atoms with Gasteiger partial charge in [0.15, 0.2) is 0 Å². The van der Waals surface area contributed by atoms with E-state index < -0.39 is 0 Å². The van der Waals surface area contributed by atoms with E-state index in [0.29, 0.717) is 6.47 Å². The Morgan fingerprint density at radius 3 is 3.00 bits per heavy atom. The molecule has 0 saturated heterocycles. The van der Waals surface area contributed by atoms with Crippen LogP contribution in [0.2, 0.25) is 0 Å². The first kappa shape index (κ1) is 5.94. The van der Waals surface area contributed by atoms with Crippen LogP contribution in [0.4, 0.5) is 0 Å². The molecule has 0 radical (unpaired) electrons. The number of carbonyl (C=O) groups excluding carboxylic acids is 1. The second kappa shape index (κ2) is 4.94. The van der Waals surface area contributed by atoms with Crippen LogP contribution in [0.5, 0.6) is 0 Å². The van der Waals surface area contributed by atoms with Crippen molar-refractivity contribution in [1.29, 1.82) is 0 Å². The first-order chi connectivity index (χ1) is 3.41. The van der Waals surface area contributed by atoms with Gasteiger partial charge < -0.3 is 10.2 Å². The standard InChI is InChI=1S/C3H6N2O2/c1-4-5-2-7-3-6/h2-4H,1H3. The quantitative estimate of drug-likeness (QED) is 0.222. The highest BCUT2D eigenvalue weighted by Crippen LogP contribution is 1.52. The molecule has 0 aromatic carbocycles. The minimum absolute atomic E-state index is 0.292. The lowest BCUT2D eigenvalue weighted by atomic mass is 11.4. The average Bonchev–Trinajstić information content (AvgIpc) is 1.69. The highest BCUT2D eigenvalue weighted by Gasteiger charge is 1.62. The van der Waals surface area contributed by atoms with Crippen LogP contribution in [0.3, 0.4) is 0 Å². The van der Waals surface area contributed by atoms with Gasteiger partial charge in [-0.15, -0.1) is 5.10 Å². The number of nitrogens with one attached hydrogen (secondary N) is 1. The minimum Gasteiger partial charge on any atom is -0.415 e. The summed E-state index contributed by atoms with van der Waals surface area (Å²) in [6.07, 6.45) is 1.01. The maximum Gasteiger partial charge on any atom is 0.299 e. The molecule has 0 rings (SSSR count). The van der Waals surface area contributed by atoms with Crippen LogP contribution >= 0.6 is 0 Å². The fourth-order valence-electron chi connectivity index (χ4n) is 0.108. The lowest BCUT2D eigenvalue weighted by Crippen LogP contribution is -1.95. The van der Waals surface area contributed by atoms with E-state index in [-0.39, 0.29) is 0 Å². The van der Waals surface area contributed by atoms with E-state index in [0.717, 1.165) is 6.40 Å². The van der Waals surface area contributed by atoms with Crippen LogP contribution in [-0.4, -0.2) is 19.9 Å². The molecule has 0 aromatic rings. The van der Waals surface area contributed by atoms with E-state index in [1.54, 1.807) is 7.05 Å². The molecular formula is C3H6N2O2. The number of hydrogen-bond donors (Lipinski definition) is 1. The Hall–Kier alpha value is -1.06. The Labute approximate surface area is 41.2 Å². The van der Waals surface area contributed by atoms with Gasteiger partial charge in [-0.2, -0.15) is 0 Å². The van der Waals surface area contributed by atoms with Crippen molar-refractivity contribution in [2.75, 3.05) is 7.05 Å². The van der Waals surface area contributed by atoms with Crippen molar-refractivity contribution < 1.29 is 9.53 Å². The van der Waals surface area contributed by atoms with Crippen LogP contribution in [0.25, 0.3) is 0 Å². The predicted octanol–water partition coefficient (Wildman–Crippen LogP) is -0.678. The molecule has 0 aliphatic rings. The summed E-state index contributed by atoms with van der Waals surface area (Å²) >= 11 is 0. The molecule has 0 fully saturated rings. The van der Waals surface area contributed by atoms with Crippen molar-refractivity contribution in [3.8, 4) is 0 Å². The van der Waals surface area contributed by atoms with Crippen LogP contribution in [0.15, 0.2) is 5.10 Å². The Bertz CT molecular complexity index is 71.3. The maximum atomic E-state index is 9.34. The van der Waals surface area contributed by atoms with Gasteiger partial charge in [-0.25, -0.2) is 0 Å². The summed E-state index contributed by atoms with van der Waals surface area (Å²) in [5.74, 6) is 0. The first-order valence-electron chi connectivity index (χ1n) is 1.69.